The van der Waals surface area contributed by atoms with E-state index in [1.807, 2.05) is 31.2 Å². The Kier molecular flexibility index (Phi) is 5.10. The predicted molar refractivity (Wildman–Crippen MR) is 74.9 cm³/mol. The van der Waals surface area contributed by atoms with Gasteiger partial charge in [0.05, 0.1) is 6.42 Å². The summed E-state index contributed by atoms with van der Waals surface area (Å²) in [6, 6.07) is 7.53. The number of anilines is 1. The summed E-state index contributed by atoms with van der Waals surface area (Å²) in [6.45, 7) is 7.36. The van der Waals surface area contributed by atoms with Crippen molar-refractivity contribution in [3.8, 4) is 0 Å². The van der Waals surface area contributed by atoms with Crippen molar-refractivity contribution in [3.05, 3.63) is 29.8 Å². The van der Waals surface area contributed by atoms with Crippen LogP contribution in [0, 0.1) is 6.92 Å². The fraction of sp³-hybridized carbons (Fsp3) is 0.467. The van der Waals surface area contributed by atoms with Crippen LogP contribution in [0.1, 0.15) is 39.2 Å². The number of ether oxygens (including phenoxy) is 1. The number of amides is 1. The van der Waals surface area contributed by atoms with Gasteiger partial charge >= 0.3 is 5.97 Å². The second-order valence-corrected chi connectivity index (χ2v) is 5.50. The Hall–Kier alpha value is -1.84. The fourth-order valence-electron chi connectivity index (χ4n) is 1.55. The van der Waals surface area contributed by atoms with Crippen LogP contribution in [0.2, 0.25) is 0 Å². The lowest BCUT2D eigenvalue weighted by Crippen LogP contribution is -2.24. The van der Waals surface area contributed by atoms with Crippen LogP contribution in [0.4, 0.5) is 5.69 Å². The zero-order chi connectivity index (χ0) is 14.5. The Morgan fingerprint density at radius 1 is 1.21 bits per heavy atom. The number of aryl methyl sites for hydroxylation is 1. The summed E-state index contributed by atoms with van der Waals surface area (Å²) >= 11 is 0. The number of hydrogen-bond donors (Lipinski definition) is 1. The third kappa shape index (κ3) is 6.60. The van der Waals surface area contributed by atoms with Crippen LogP contribution in [0.3, 0.4) is 0 Å². The Labute approximate surface area is 114 Å². The van der Waals surface area contributed by atoms with Gasteiger partial charge in [-0.25, -0.2) is 0 Å². The molecule has 1 amide bonds. The first-order valence-corrected chi connectivity index (χ1v) is 6.34. The van der Waals surface area contributed by atoms with E-state index in [4.69, 9.17) is 4.74 Å². The van der Waals surface area contributed by atoms with Gasteiger partial charge in [0.25, 0.3) is 0 Å². The summed E-state index contributed by atoms with van der Waals surface area (Å²) < 4.78 is 5.14. The van der Waals surface area contributed by atoms with Gasteiger partial charge in [-0.15, -0.1) is 0 Å². The van der Waals surface area contributed by atoms with Crippen molar-refractivity contribution in [1.82, 2.24) is 0 Å². The molecule has 1 rings (SSSR count). The molecule has 0 saturated carbocycles. The van der Waals surface area contributed by atoms with Crippen LogP contribution in [0.5, 0.6) is 0 Å². The van der Waals surface area contributed by atoms with Gasteiger partial charge in [-0.2, -0.15) is 0 Å². The summed E-state index contributed by atoms with van der Waals surface area (Å²) in [6.07, 6.45) is 0.220. The summed E-state index contributed by atoms with van der Waals surface area (Å²) in [5.41, 5.74) is 1.31. The van der Waals surface area contributed by atoms with E-state index in [2.05, 4.69) is 5.32 Å². The molecule has 1 N–H and O–H groups in total. The minimum Gasteiger partial charge on any atom is -0.460 e. The highest BCUT2D eigenvalue weighted by molar-refractivity contribution is 5.92. The minimum absolute atomic E-state index is 0.0922. The first-order valence-electron chi connectivity index (χ1n) is 6.34. The maximum atomic E-state index is 11.7. The normalized spacial score (nSPS) is 10.9. The van der Waals surface area contributed by atoms with Crippen molar-refractivity contribution in [2.45, 2.75) is 46.1 Å². The van der Waals surface area contributed by atoms with Crippen molar-refractivity contribution in [1.29, 1.82) is 0 Å². The van der Waals surface area contributed by atoms with Gasteiger partial charge in [0.1, 0.15) is 5.60 Å². The standard InChI is InChI=1S/C15H21NO3/c1-11-6-5-7-12(10-11)16-13(17)8-9-14(18)19-15(2,3)4/h5-7,10H,8-9H2,1-4H3,(H,16,17). The zero-order valence-electron chi connectivity index (χ0n) is 11.9. The van der Waals surface area contributed by atoms with Crippen LogP contribution in [-0.4, -0.2) is 17.5 Å². The van der Waals surface area contributed by atoms with Crippen molar-refractivity contribution in [2.24, 2.45) is 0 Å². The molecule has 104 valence electrons. The Morgan fingerprint density at radius 3 is 2.47 bits per heavy atom. The van der Waals surface area contributed by atoms with Crippen molar-refractivity contribution in [2.75, 3.05) is 5.32 Å². The number of benzene rings is 1. The van der Waals surface area contributed by atoms with E-state index in [1.54, 1.807) is 20.8 Å². The first kappa shape index (κ1) is 15.2. The van der Waals surface area contributed by atoms with E-state index in [0.29, 0.717) is 0 Å². The SMILES string of the molecule is Cc1cccc(NC(=O)CCC(=O)OC(C)(C)C)c1. The van der Waals surface area contributed by atoms with Crippen LogP contribution >= 0.6 is 0 Å². The number of carbonyl (C=O) groups is 2. The Balaban J connectivity index is 2.38. The van der Waals surface area contributed by atoms with Gasteiger partial charge in [0, 0.05) is 12.1 Å². The van der Waals surface area contributed by atoms with Gasteiger partial charge < -0.3 is 10.1 Å². The highest BCUT2D eigenvalue weighted by Crippen LogP contribution is 2.12. The van der Waals surface area contributed by atoms with E-state index in [0.717, 1.165) is 11.3 Å². The van der Waals surface area contributed by atoms with Gasteiger partial charge in [0.2, 0.25) is 5.91 Å². The van der Waals surface area contributed by atoms with Gasteiger partial charge in [-0.05, 0) is 45.4 Å². The molecule has 4 heteroatoms. The molecule has 0 bridgehead atoms. The second-order valence-electron chi connectivity index (χ2n) is 5.50. The van der Waals surface area contributed by atoms with E-state index in [9.17, 15) is 9.59 Å². The quantitative estimate of drug-likeness (QED) is 0.849. The summed E-state index contributed by atoms with van der Waals surface area (Å²) in [5.74, 6) is -0.539. The number of carbonyl (C=O) groups excluding carboxylic acids is 2. The van der Waals surface area contributed by atoms with E-state index in [-0.39, 0.29) is 24.7 Å². The third-order valence-electron chi connectivity index (χ3n) is 2.28. The maximum absolute atomic E-state index is 11.7. The number of hydrogen-bond acceptors (Lipinski definition) is 3. The van der Waals surface area contributed by atoms with Crippen LogP contribution < -0.4 is 5.32 Å². The Morgan fingerprint density at radius 2 is 1.89 bits per heavy atom. The molecule has 0 heterocycles. The minimum atomic E-state index is -0.510. The average Bonchev–Trinajstić information content (AvgIpc) is 2.24. The average molecular weight is 263 g/mol. The molecule has 0 atom stereocenters. The smallest absolute Gasteiger partial charge is 0.306 e. The monoisotopic (exact) mass is 263 g/mol. The van der Waals surface area contributed by atoms with E-state index < -0.39 is 5.60 Å². The largest absolute Gasteiger partial charge is 0.460 e. The molecule has 19 heavy (non-hydrogen) atoms. The molecule has 0 aromatic heterocycles. The molecule has 0 radical (unpaired) electrons. The molecule has 0 spiro atoms. The molecule has 0 aliphatic carbocycles. The van der Waals surface area contributed by atoms with Crippen LogP contribution in [-0.2, 0) is 14.3 Å². The summed E-state index contributed by atoms with van der Waals surface area (Å²) in [5, 5.41) is 2.75. The summed E-state index contributed by atoms with van der Waals surface area (Å²) in [4.78, 5) is 23.1. The molecule has 1 aromatic rings. The predicted octanol–water partition coefficient (Wildman–Crippen LogP) is 3.06. The van der Waals surface area contributed by atoms with Gasteiger partial charge in [-0.1, -0.05) is 12.1 Å². The van der Waals surface area contributed by atoms with Gasteiger partial charge in [0.15, 0.2) is 0 Å². The molecule has 0 aliphatic rings. The lowest BCUT2D eigenvalue weighted by Gasteiger charge is -2.19. The second kappa shape index (κ2) is 6.36. The van der Waals surface area contributed by atoms with E-state index in [1.165, 1.54) is 0 Å². The molecule has 0 unspecified atom stereocenters. The van der Waals surface area contributed by atoms with E-state index >= 15 is 0 Å². The van der Waals surface area contributed by atoms with Crippen LogP contribution in [0.15, 0.2) is 24.3 Å². The lowest BCUT2D eigenvalue weighted by molar-refractivity contribution is -0.155. The molecule has 0 aliphatic heterocycles. The molecule has 1 aromatic carbocycles. The first-order chi connectivity index (χ1) is 8.76. The van der Waals surface area contributed by atoms with Crippen molar-refractivity contribution >= 4 is 17.6 Å². The van der Waals surface area contributed by atoms with Crippen molar-refractivity contribution < 1.29 is 14.3 Å². The molecule has 0 fully saturated rings. The maximum Gasteiger partial charge on any atom is 0.306 e. The van der Waals surface area contributed by atoms with Crippen molar-refractivity contribution in [3.63, 3.8) is 0 Å². The lowest BCUT2D eigenvalue weighted by atomic mass is 10.2. The number of nitrogens with one attached hydrogen (secondary N) is 1. The molecular formula is C15H21NO3. The third-order valence-corrected chi connectivity index (χ3v) is 2.28. The van der Waals surface area contributed by atoms with Crippen LogP contribution in [0.25, 0.3) is 0 Å². The fourth-order valence-corrected chi connectivity index (χ4v) is 1.55. The zero-order valence-corrected chi connectivity index (χ0v) is 11.9. The molecular weight excluding hydrogens is 242 g/mol. The molecule has 4 nitrogen and oxygen atoms in total. The number of esters is 1. The van der Waals surface area contributed by atoms with Gasteiger partial charge in [-0.3, -0.25) is 9.59 Å². The molecule has 0 saturated heterocycles. The topological polar surface area (TPSA) is 55.4 Å². The highest BCUT2D eigenvalue weighted by Gasteiger charge is 2.17. The Bertz CT molecular complexity index is 461. The summed E-state index contributed by atoms with van der Waals surface area (Å²) in [7, 11) is 0. The number of rotatable bonds is 4. The highest BCUT2D eigenvalue weighted by atomic mass is 16.6.